The van der Waals surface area contributed by atoms with Crippen LogP contribution in [-0.2, 0) is 4.79 Å². The van der Waals surface area contributed by atoms with Crippen molar-refractivity contribution in [2.75, 3.05) is 26.2 Å². The second kappa shape index (κ2) is 6.54. The Morgan fingerprint density at radius 1 is 1.04 bits per heavy atom. The van der Waals surface area contributed by atoms with E-state index in [-0.39, 0.29) is 5.91 Å². The lowest BCUT2D eigenvalue weighted by molar-refractivity contribution is -0.111. The molecular weight excluding hydrogens is 306 g/mol. The predicted octanol–water partition coefficient (Wildman–Crippen LogP) is 2.50. The van der Waals surface area contributed by atoms with Crippen molar-refractivity contribution in [1.82, 2.24) is 0 Å². The fourth-order valence-corrected chi connectivity index (χ4v) is 2.53. The Morgan fingerprint density at radius 3 is 2.54 bits per heavy atom. The first kappa shape index (κ1) is 15.7. The molecule has 122 valence electrons. The number of nitrogens with zero attached hydrogens (tertiary/aromatic N) is 3. The van der Waals surface area contributed by atoms with Gasteiger partial charge in [0, 0.05) is 12.6 Å². The molecule has 2 aromatic carbocycles. The van der Waals surface area contributed by atoms with Gasteiger partial charge >= 0.3 is 0 Å². The van der Waals surface area contributed by atoms with Gasteiger partial charge in [0.2, 0.25) is 0 Å². The molecular formula is C18H17N3O3. The van der Waals surface area contributed by atoms with Crippen LogP contribution in [0, 0.1) is 0 Å². The lowest BCUT2D eigenvalue weighted by atomic mass is 10.1. The first-order valence-electron chi connectivity index (χ1n) is 7.36. The molecule has 0 saturated heterocycles. The third kappa shape index (κ3) is 2.74. The predicted molar refractivity (Wildman–Crippen MR) is 93.5 cm³/mol. The summed E-state index contributed by atoms with van der Waals surface area (Å²) in [5.41, 5.74) is 2.76. The molecule has 0 aliphatic carbocycles. The smallest absolute Gasteiger partial charge is 0.279 e. The molecule has 3 rings (SSSR count). The van der Waals surface area contributed by atoms with Gasteiger partial charge in [0.25, 0.3) is 5.91 Å². The standard InChI is InChI=1S/C18H17N3O3/c1-21-14-7-5-4-6-13(14)17(18(21)22)20-19-11-12-8-9-15(23-2)16(10-12)24-3/h4-11H,1-3H3/b19-11-,20-17-. The van der Waals surface area contributed by atoms with E-state index in [1.165, 1.54) is 0 Å². The molecule has 0 spiro atoms. The molecule has 1 aliphatic heterocycles. The quantitative estimate of drug-likeness (QED) is 0.641. The van der Waals surface area contributed by atoms with Crippen LogP contribution in [0.4, 0.5) is 5.69 Å². The fourth-order valence-electron chi connectivity index (χ4n) is 2.53. The molecule has 0 fully saturated rings. The number of methoxy groups -OCH3 is 2. The van der Waals surface area contributed by atoms with E-state index in [4.69, 9.17) is 9.47 Å². The molecule has 1 amide bonds. The van der Waals surface area contributed by atoms with Crippen LogP contribution in [0.2, 0.25) is 0 Å². The van der Waals surface area contributed by atoms with Gasteiger partial charge in [-0.1, -0.05) is 18.2 Å². The molecule has 0 saturated carbocycles. The van der Waals surface area contributed by atoms with E-state index in [0.29, 0.717) is 17.2 Å². The second-order valence-corrected chi connectivity index (χ2v) is 5.19. The minimum absolute atomic E-state index is 0.166. The highest BCUT2D eigenvalue weighted by molar-refractivity contribution is 6.54. The van der Waals surface area contributed by atoms with Gasteiger partial charge in [-0.05, 0) is 29.8 Å². The van der Waals surface area contributed by atoms with Crippen LogP contribution in [0.3, 0.4) is 0 Å². The van der Waals surface area contributed by atoms with Gasteiger partial charge in [-0.15, -0.1) is 5.10 Å². The van der Waals surface area contributed by atoms with E-state index in [1.54, 1.807) is 44.5 Å². The largest absolute Gasteiger partial charge is 0.493 e. The van der Waals surface area contributed by atoms with Crippen LogP contribution < -0.4 is 14.4 Å². The third-order valence-corrected chi connectivity index (χ3v) is 3.80. The van der Waals surface area contributed by atoms with Crippen molar-refractivity contribution in [1.29, 1.82) is 0 Å². The average molecular weight is 323 g/mol. The van der Waals surface area contributed by atoms with Gasteiger partial charge in [0.05, 0.1) is 26.1 Å². The molecule has 0 N–H and O–H groups in total. The molecule has 0 radical (unpaired) electrons. The number of anilines is 1. The van der Waals surface area contributed by atoms with Crippen molar-refractivity contribution in [3.05, 3.63) is 53.6 Å². The zero-order chi connectivity index (χ0) is 17.1. The maximum atomic E-state index is 12.3. The Balaban J connectivity index is 1.88. The van der Waals surface area contributed by atoms with E-state index < -0.39 is 0 Å². The Morgan fingerprint density at radius 2 is 1.79 bits per heavy atom. The summed E-state index contributed by atoms with van der Waals surface area (Å²) in [6, 6.07) is 12.9. The number of carbonyl (C=O) groups is 1. The van der Waals surface area contributed by atoms with Crippen LogP contribution in [0.5, 0.6) is 11.5 Å². The summed E-state index contributed by atoms with van der Waals surface area (Å²) in [4.78, 5) is 13.8. The molecule has 1 aliphatic rings. The fraction of sp³-hybridized carbons (Fsp3) is 0.167. The number of ether oxygens (including phenoxy) is 2. The van der Waals surface area contributed by atoms with Gasteiger partial charge < -0.3 is 14.4 Å². The molecule has 2 aromatic rings. The third-order valence-electron chi connectivity index (χ3n) is 3.80. The summed E-state index contributed by atoms with van der Waals surface area (Å²) in [6.45, 7) is 0. The van der Waals surface area contributed by atoms with E-state index in [9.17, 15) is 4.79 Å². The topological polar surface area (TPSA) is 63.5 Å². The van der Waals surface area contributed by atoms with Crippen LogP contribution >= 0.6 is 0 Å². The minimum atomic E-state index is -0.166. The van der Waals surface area contributed by atoms with Crippen molar-refractivity contribution in [3.8, 4) is 11.5 Å². The monoisotopic (exact) mass is 323 g/mol. The van der Waals surface area contributed by atoms with Gasteiger partial charge in [-0.3, -0.25) is 4.79 Å². The first-order chi connectivity index (χ1) is 11.7. The van der Waals surface area contributed by atoms with Crippen molar-refractivity contribution in [2.45, 2.75) is 0 Å². The number of hydrogen-bond acceptors (Lipinski definition) is 5. The van der Waals surface area contributed by atoms with Crippen molar-refractivity contribution in [2.24, 2.45) is 10.2 Å². The summed E-state index contributed by atoms with van der Waals surface area (Å²) in [6.07, 6.45) is 1.57. The molecule has 6 heteroatoms. The van der Waals surface area contributed by atoms with E-state index >= 15 is 0 Å². The van der Waals surface area contributed by atoms with Crippen LogP contribution in [0.15, 0.2) is 52.7 Å². The van der Waals surface area contributed by atoms with Crippen LogP contribution in [-0.4, -0.2) is 39.1 Å². The first-order valence-corrected chi connectivity index (χ1v) is 7.36. The van der Waals surface area contributed by atoms with E-state index in [1.807, 2.05) is 30.3 Å². The normalized spacial score (nSPS) is 15.2. The van der Waals surface area contributed by atoms with Crippen LogP contribution in [0.1, 0.15) is 11.1 Å². The maximum absolute atomic E-state index is 12.3. The van der Waals surface area contributed by atoms with E-state index in [2.05, 4.69) is 10.2 Å². The van der Waals surface area contributed by atoms with Crippen molar-refractivity contribution in [3.63, 3.8) is 0 Å². The highest BCUT2D eigenvalue weighted by Gasteiger charge is 2.30. The lowest BCUT2D eigenvalue weighted by Crippen LogP contribution is -2.25. The highest BCUT2D eigenvalue weighted by Crippen LogP contribution is 2.28. The molecule has 0 unspecified atom stereocenters. The lowest BCUT2D eigenvalue weighted by Gasteiger charge is -2.07. The SMILES string of the molecule is COc1ccc(/C=N\N=C2/C(=O)N(C)c3ccccc32)cc1OC. The molecule has 0 atom stereocenters. The molecule has 6 nitrogen and oxygen atoms in total. The Labute approximate surface area is 140 Å². The van der Waals surface area contributed by atoms with Gasteiger partial charge in [0.15, 0.2) is 17.2 Å². The average Bonchev–Trinajstić information content (AvgIpc) is 2.86. The molecule has 1 heterocycles. The second-order valence-electron chi connectivity index (χ2n) is 5.19. The molecule has 0 aromatic heterocycles. The number of benzene rings is 2. The number of carbonyl (C=O) groups excluding carboxylic acids is 1. The highest BCUT2D eigenvalue weighted by atomic mass is 16.5. The van der Waals surface area contributed by atoms with Crippen molar-refractivity contribution >= 4 is 23.5 Å². The molecule has 0 bridgehead atoms. The zero-order valence-corrected chi connectivity index (χ0v) is 13.7. The Hall–Kier alpha value is -3.15. The minimum Gasteiger partial charge on any atom is -0.493 e. The van der Waals surface area contributed by atoms with Crippen LogP contribution in [0.25, 0.3) is 0 Å². The summed E-state index contributed by atoms with van der Waals surface area (Å²) in [5, 5.41) is 8.17. The number of amides is 1. The zero-order valence-electron chi connectivity index (χ0n) is 13.7. The Bertz CT molecular complexity index is 843. The van der Waals surface area contributed by atoms with Gasteiger partial charge in [-0.25, -0.2) is 0 Å². The van der Waals surface area contributed by atoms with Gasteiger partial charge in [0.1, 0.15) is 0 Å². The number of fused-ring (bicyclic) bond motifs is 1. The van der Waals surface area contributed by atoms with Gasteiger partial charge in [-0.2, -0.15) is 5.10 Å². The number of hydrogen-bond donors (Lipinski definition) is 0. The number of rotatable bonds is 4. The summed E-state index contributed by atoms with van der Waals surface area (Å²) < 4.78 is 10.4. The number of para-hydroxylation sites is 1. The number of likely N-dealkylation sites (N-methyl/N-ethyl adjacent to an activating group) is 1. The molecule has 24 heavy (non-hydrogen) atoms. The maximum Gasteiger partial charge on any atom is 0.279 e. The summed E-state index contributed by atoms with van der Waals surface area (Å²) in [5.74, 6) is 1.08. The Kier molecular flexibility index (Phi) is 4.29. The summed E-state index contributed by atoms with van der Waals surface area (Å²) >= 11 is 0. The van der Waals surface area contributed by atoms with E-state index in [0.717, 1.165) is 16.8 Å². The van der Waals surface area contributed by atoms with Crippen molar-refractivity contribution < 1.29 is 14.3 Å². The summed E-state index contributed by atoms with van der Waals surface area (Å²) in [7, 11) is 4.88.